The van der Waals surface area contributed by atoms with Crippen LogP contribution in [0.25, 0.3) is 22.0 Å². The fraction of sp³-hybridized carbons (Fsp3) is 0.105. The SMILES string of the molecule is CN1CNC=C1C#Cc1ccc2cc(-c3c[nH]cn3)ccc2c1. The molecule has 1 aliphatic heterocycles. The number of hydrogen-bond donors (Lipinski definition) is 2. The molecule has 3 aromatic rings. The molecule has 2 heterocycles. The van der Waals surface area contributed by atoms with Gasteiger partial charge in [0.15, 0.2) is 0 Å². The minimum absolute atomic E-state index is 0.817. The summed E-state index contributed by atoms with van der Waals surface area (Å²) in [5, 5.41) is 5.53. The van der Waals surface area contributed by atoms with Gasteiger partial charge in [-0.2, -0.15) is 0 Å². The maximum atomic E-state index is 4.30. The van der Waals surface area contributed by atoms with Crippen molar-refractivity contribution >= 4 is 10.8 Å². The van der Waals surface area contributed by atoms with E-state index in [4.69, 9.17) is 0 Å². The Morgan fingerprint density at radius 3 is 2.74 bits per heavy atom. The molecule has 0 saturated carbocycles. The van der Waals surface area contributed by atoms with E-state index in [0.717, 1.165) is 29.2 Å². The first-order valence-electron chi connectivity index (χ1n) is 7.49. The third kappa shape index (κ3) is 2.65. The van der Waals surface area contributed by atoms with Crippen LogP contribution in [0.5, 0.6) is 0 Å². The Morgan fingerprint density at radius 2 is 1.96 bits per heavy atom. The van der Waals surface area contributed by atoms with Crippen LogP contribution in [0.1, 0.15) is 5.56 Å². The van der Waals surface area contributed by atoms with Gasteiger partial charge in [-0.25, -0.2) is 4.98 Å². The number of hydrogen-bond acceptors (Lipinski definition) is 3. The van der Waals surface area contributed by atoms with Crippen LogP contribution in [0.2, 0.25) is 0 Å². The van der Waals surface area contributed by atoms with Crippen molar-refractivity contribution in [1.82, 2.24) is 20.2 Å². The zero-order chi connectivity index (χ0) is 15.6. The van der Waals surface area contributed by atoms with Gasteiger partial charge in [-0.15, -0.1) is 0 Å². The van der Waals surface area contributed by atoms with Crippen LogP contribution in [0.4, 0.5) is 0 Å². The van der Waals surface area contributed by atoms with Crippen LogP contribution in [-0.4, -0.2) is 28.6 Å². The van der Waals surface area contributed by atoms with E-state index >= 15 is 0 Å². The molecule has 0 atom stereocenters. The van der Waals surface area contributed by atoms with E-state index in [1.807, 2.05) is 19.4 Å². The molecule has 23 heavy (non-hydrogen) atoms. The molecule has 0 amide bonds. The molecule has 2 aromatic carbocycles. The lowest BCUT2D eigenvalue weighted by atomic mass is 10.0. The topological polar surface area (TPSA) is 44.0 Å². The van der Waals surface area contributed by atoms with Crippen molar-refractivity contribution in [2.24, 2.45) is 0 Å². The summed E-state index contributed by atoms with van der Waals surface area (Å²) in [6.45, 7) is 0.817. The molecule has 0 spiro atoms. The van der Waals surface area contributed by atoms with Crippen LogP contribution in [0.15, 0.2) is 60.8 Å². The predicted octanol–water partition coefficient (Wildman–Crippen LogP) is 2.92. The van der Waals surface area contributed by atoms with Crippen molar-refractivity contribution < 1.29 is 0 Å². The summed E-state index contributed by atoms with van der Waals surface area (Å²) < 4.78 is 0. The highest BCUT2D eigenvalue weighted by molar-refractivity contribution is 5.87. The average molecular weight is 300 g/mol. The van der Waals surface area contributed by atoms with E-state index in [1.165, 1.54) is 10.8 Å². The fourth-order valence-corrected chi connectivity index (χ4v) is 2.64. The van der Waals surface area contributed by atoms with Gasteiger partial charge in [0, 0.05) is 30.6 Å². The lowest BCUT2D eigenvalue weighted by Crippen LogP contribution is -2.17. The van der Waals surface area contributed by atoms with Crippen molar-refractivity contribution in [3.05, 3.63) is 66.4 Å². The van der Waals surface area contributed by atoms with Gasteiger partial charge in [-0.05, 0) is 34.9 Å². The van der Waals surface area contributed by atoms with Gasteiger partial charge >= 0.3 is 0 Å². The molecule has 2 N–H and O–H groups in total. The molecule has 0 radical (unpaired) electrons. The summed E-state index contributed by atoms with van der Waals surface area (Å²) in [6, 6.07) is 12.7. The van der Waals surface area contributed by atoms with Gasteiger partial charge in [0.1, 0.15) is 5.70 Å². The van der Waals surface area contributed by atoms with Crippen LogP contribution < -0.4 is 5.32 Å². The highest BCUT2D eigenvalue weighted by Crippen LogP contribution is 2.23. The molecular formula is C19H16N4. The second-order valence-electron chi connectivity index (χ2n) is 5.57. The molecular weight excluding hydrogens is 284 g/mol. The molecule has 0 unspecified atom stereocenters. The third-order valence-electron chi connectivity index (χ3n) is 3.95. The predicted molar refractivity (Wildman–Crippen MR) is 92.3 cm³/mol. The minimum atomic E-state index is 0.817. The normalized spacial score (nSPS) is 13.4. The molecule has 4 heteroatoms. The zero-order valence-corrected chi connectivity index (χ0v) is 12.8. The highest BCUT2D eigenvalue weighted by atomic mass is 15.2. The second kappa shape index (κ2) is 5.54. The molecule has 0 fully saturated rings. The number of rotatable bonds is 1. The van der Waals surface area contributed by atoms with Gasteiger partial charge in [-0.1, -0.05) is 24.1 Å². The number of H-pyrrole nitrogens is 1. The molecule has 1 aromatic heterocycles. The van der Waals surface area contributed by atoms with E-state index in [9.17, 15) is 0 Å². The smallest absolute Gasteiger partial charge is 0.105 e. The van der Waals surface area contributed by atoms with Crippen LogP contribution >= 0.6 is 0 Å². The van der Waals surface area contributed by atoms with Gasteiger partial charge in [0.2, 0.25) is 0 Å². The molecule has 1 aliphatic rings. The molecule has 0 bridgehead atoms. The van der Waals surface area contributed by atoms with Crippen molar-refractivity contribution in [2.45, 2.75) is 0 Å². The zero-order valence-electron chi connectivity index (χ0n) is 12.8. The van der Waals surface area contributed by atoms with Gasteiger partial charge in [-0.3, -0.25) is 0 Å². The second-order valence-corrected chi connectivity index (χ2v) is 5.57. The number of aromatic nitrogens is 2. The van der Waals surface area contributed by atoms with E-state index in [-0.39, 0.29) is 0 Å². The maximum absolute atomic E-state index is 4.30. The third-order valence-corrected chi connectivity index (χ3v) is 3.95. The van der Waals surface area contributed by atoms with E-state index in [0.29, 0.717) is 0 Å². The summed E-state index contributed by atoms with van der Waals surface area (Å²) in [5.41, 5.74) is 4.10. The minimum Gasteiger partial charge on any atom is -0.371 e. The molecule has 4 rings (SSSR count). The van der Waals surface area contributed by atoms with Gasteiger partial charge < -0.3 is 15.2 Å². The Balaban J connectivity index is 1.67. The Kier molecular flexibility index (Phi) is 3.25. The lowest BCUT2D eigenvalue weighted by Gasteiger charge is -2.08. The number of allylic oxidation sites excluding steroid dienone is 1. The first-order chi connectivity index (χ1) is 11.3. The Hall–Kier alpha value is -3.19. The quantitative estimate of drug-likeness (QED) is 0.679. The van der Waals surface area contributed by atoms with Crippen molar-refractivity contribution in [3.8, 4) is 23.1 Å². The first kappa shape index (κ1) is 13.5. The van der Waals surface area contributed by atoms with E-state index < -0.39 is 0 Å². The lowest BCUT2D eigenvalue weighted by molar-refractivity contribution is 0.456. The molecule has 0 saturated heterocycles. The summed E-state index contributed by atoms with van der Waals surface area (Å²) >= 11 is 0. The average Bonchev–Trinajstić information content (AvgIpc) is 3.24. The summed E-state index contributed by atoms with van der Waals surface area (Å²) in [4.78, 5) is 9.37. The Labute approximate surface area is 134 Å². The van der Waals surface area contributed by atoms with Crippen LogP contribution in [0, 0.1) is 11.8 Å². The van der Waals surface area contributed by atoms with Crippen molar-refractivity contribution in [1.29, 1.82) is 0 Å². The van der Waals surface area contributed by atoms with Crippen LogP contribution in [0.3, 0.4) is 0 Å². The number of benzene rings is 2. The number of nitrogens with zero attached hydrogens (tertiary/aromatic N) is 2. The first-order valence-corrected chi connectivity index (χ1v) is 7.49. The van der Waals surface area contributed by atoms with Gasteiger partial charge in [0.05, 0.1) is 18.7 Å². The van der Waals surface area contributed by atoms with Crippen molar-refractivity contribution in [2.75, 3.05) is 13.7 Å². The Morgan fingerprint density at radius 1 is 1.09 bits per heavy atom. The summed E-state index contributed by atoms with van der Waals surface area (Å²) in [5.74, 6) is 6.44. The molecule has 4 nitrogen and oxygen atoms in total. The summed E-state index contributed by atoms with van der Waals surface area (Å²) in [6.07, 6.45) is 5.55. The fourth-order valence-electron chi connectivity index (χ4n) is 2.64. The Bertz CT molecular complexity index is 942. The standard InChI is InChI=1S/C19H16N4/c1-23-13-21-10-18(23)7-3-14-2-4-16-9-17(6-5-15(16)8-14)19-11-20-12-22-19/h2,4-6,8-12,21H,13H2,1H3,(H,20,22). The van der Waals surface area contributed by atoms with E-state index in [1.54, 1.807) is 6.33 Å². The van der Waals surface area contributed by atoms with Gasteiger partial charge in [0.25, 0.3) is 0 Å². The molecule has 112 valence electrons. The summed E-state index contributed by atoms with van der Waals surface area (Å²) in [7, 11) is 2.03. The largest absolute Gasteiger partial charge is 0.371 e. The monoisotopic (exact) mass is 300 g/mol. The van der Waals surface area contributed by atoms with Crippen molar-refractivity contribution in [3.63, 3.8) is 0 Å². The highest BCUT2D eigenvalue weighted by Gasteiger charge is 2.06. The molecule has 0 aliphatic carbocycles. The number of fused-ring (bicyclic) bond motifs is 1. The number of imidazole rings is 1. The number of aromatic amines is 1. The van der Waals surface area contributed by atoms with E-state index in [2.05, 4.69) is 68.4 Å². The number of nitrogens with one attached hydrogen (secondary N) is 2. The maximum Gasteiger partial charge on any atom is 0.105 e. The van der Waals surface area contributed by atoms with Crippen LogP contribution in [-0.2, 0) is 0 Å².